The highest BCUT2D eigenvalue weighted by atomic mass is 16.2. The van der Waals surface area contributed by atoms with Gasteiger partial charge < -0.3 is 14.8 Å². The third-order valence-corrected chi connectivity index (χ3v) is 6.67. The van der Waals surface area contributed by atoms with Crippen LogP contribution in [0.2, 0.25) is 0 Å². The molecule has 1 saturated heterocycles. The molecule has 2 N–H and O–H groups in total. The fourth-order valence-corrected chi connectivity index (χ4v) is 4.71. The maximum atomic E-state index is 13.3. The van der Waals surface area contributed by atoms with Gasteiger partial charge in [-0.2, -0.15) is 5.10 Å². The molecule has 0 unspecified atom stereocenters. The first-order valence-corrected chi connectivity index (χ1v) is 11.4. The monoisotopic (exact) mass is 444 g/mol. The number of likely N-dealkylation sites (tertiary alicyclic amines) is 1. The van der Waals surface area contributed by atoms with Crippen LogP contribution < -0.4 is 5.32 Å². The zero-order chi connectivity index (χ0) is 23.2. The molecule has 0 aliphatic carbocycles. The second-order valence-corrected chi connectivity index (χ2v) is 9.20. The van der Waals surface area contributed by atoms with Crippen LogP contribution in [0.25, 0.3) is 21.9 Å². The average molecular weight is 445 g/mol. The minimum atomic E-state index is -0.687. The Kier molecular flexibility index (Phi) is 5.15. The molecule has 1 atom stereocenters. The molecule has 0 bridgehead atoms. The van der Waals surface area contributed by atoms with E-state index in [2.05, 4.69) is 32.0 Å². The van der Waals surface area contributed by atoms with Crippen molar-refractivity contribution < 1.29 is 9.59 Å². The molecule has 170 valence electrons. The molecule has 33 heavy (non-hydrogen) atoms. The summed E-state index contributed by atoms with van der Waals surface area (Å²) in [5.41, 5.74) is 4.23. The van der Waals surface area contributed by atoms with E-state index in [4.69, 9.17) is 0 Å². The highest BCUT2D eigenvalue weighted by Crippen LogP contribution is 2.33. The Balaban J connectivity index is 1.34. The Labute approximate surface area is 192 Å². The van der Waals surface area contributed by atoms with Crippen LogP contribution in [0.3, 0.4) is 0 Å². The number of fused-ring (bicyclic) bond motifs is 2. The second kappa shape index (κ2) is 8.03. The second-order valence-electron chi connectivity index (χ2n) is 9.20. The van der Waals surface area contributed by atoms with Crippen LogP contribution in [0.4, 0.5) is 5.69 Å². The lowest BCUT2D eigenvalue weighted by Crippen LogP contribution is -2.50. The Bertz CT molecular complexity index is 1370. The minimum absolute atomic E-state index is 0.0861. The Morgan fingerprint density at radius 2 is 2.06 bits per heavy atom. The van der Waals surface area contributed by atoms with Crippen molar-refractivity contribution in [2.45, 2.75) is 40.2 Å². The van der Waals surface area contributed by atoms with E-state index < -0.39 is 5.41 Å². The number of carbonyl (C=O) groups is 2. The van der Waals surface area contributed by atoms with Crippen LogP contribution in [0.15, 0.2) is 42.7 Å². The van der Waals surface area contributed by atoms with Gasteiger partial charge in [-0.25, -0.2) is 4.98 Å². The molecule has 1 fully saturated rings. The topological polar surface area (TPSA) is 95.9 Å². The van der Waals surface area contributed by atoms with Crippen LogP contribution >= 0.6 is 0 Å². The van der Waals surface area contributed by atoms with Crippen molar-refractivity contribution >= 4 is 39.4 Å². The van der Waals surface area contributed by atoms with E-state index in [1.54, 1.807) is 4.90 Å². The zero-order valence-corrected chi connectivity index (χ0v) is 19.2. The highest BCUT2D eigenvalue weighted by Gasteiger charge is 2.40. The number of aromatic nitrogens is 4. The number of hydrogen-bond donors (Lipinski definition) is 2. The number of aromatic amines is 1. The van der Waals surface area contributed by atoms with Gasteiger partial charge in [-0.1, -0.05) is 11.6 Å². The molecule has 2 amide bonds. The molecule has 1 aliphatic rings. The van der Waals surface area contributed by atoms with Gasteiger partial charge in [0.15, 0.2) is 5.69 Å². The first kappa shape index (κ1) is 21.2. The fraction of sp³-hybridized carbons (Fsp3) is 0.360. The average Bonchev–Trinajstić information content (AvgIpc) is 3.41. The molecule has 0 saturated carbocycles. The van der Waals surface area contributed by atoms with E-state index >= 15 is 0 Å². The summed E-state index contributed by atoms with van der Waals surface area (Å²) in [5, 5.41) is 11.1. The molecule has 3 heterocycles. The van der Waals surface area contributed by atoms with Gasteiger partial charge in [-0.3, -0.25) is 14.7 Å². The third kappa shape index (κ3) is 3.75. The minimum Gasteiger partial charge on any atom is -0.336 e. The number of piperidine rings is 1. The van der Waals surface area contributed by atoms with Crippen LogP contribution in [-0.4, -0.2) is 49.6 Å². The smallest absolute Gasteiger partial charge is 0.275 e. The van der Waals surface area contributed by atoms with Crippen molar-refractivity contribution in [3.63, 3.8) is 0 Å². The summed E-state index contributed by atoms with van der Waals surface area (Å²) >= 11 is 0. The molecule has 0 spiro atoms. The molecular formula is C25H28N6O2. The Hall–Kier alpha value is -3.68. The summed E-state index contributed by atoms with van der Waals surface area (Å²) in [7, 11) is 0. The van der Waals surface area contributed by atoms with Crippen molar-refractivity contribution in [2.24, 2.45) is 5.41 Å². The standard InChI is InChI=1S/C25H28N6O2/c1-4-30-15-26-20-13-17(7-9-21(20)30)27-24(33)25(3)10-5-11-31(14-25)23(32)22-18-12-16(2)6-8-19(18)28-29-22/h6-9,12-13,15H,4-5,10-11,14H2,1-3H3,(H,27,33)(H,28,29)/t25-/m0/s1. The lowest BCUT2D eigenvalue weighted by Gasteiger charge is -2.39. The van der Waals surface area contributed by atoms with E-state index in [0.29, 0.717) is 24.5 Å². The lowest BCUT2D eigenvalue weighted by molar-refractivity contribution is -0.127. The first-order chi connectivity index (χ1) is 15.9. The molecule has 2 aromatic heterocycles. The van der Waals surface area contributed by atoms with Gasteiger partial charge >= 0.3 is 0 Å². The largest absolute Gasteiger partial charge is 0.336 e. The van der Waals surface area contributed by atoms with Crippen LogP contribution in [0.1, 0.15) is 42.7 Å². The van der Waals surface area contributed by atoms with E-state index in [9.17, 15) is 9.59 Å². The SMILES string of the molecule is CCn1cnc2cc(NC(=O)[C@@]3(C)CCCN(C(=O)c4n[nH]c5ccc(C)cc45)C3)ccc21. The van der Waals surface area contributed by atoms with Gasteiger partial charge in [-0.05, 0) is 63.9 Å². The maximum Gasteiger partial charge on any atom is 0.275 e. The molecule has 1 aliphatic heterocycles. The molecule has 5 rings (SSSR count). The van der Waals surface area contributed by atoms with Crippen molar-refractivity contribution in [1.82, 2.24) is 24.6 Å². The number of hydrogen-bond acceptors (Lipinski definition) is 4. The number of nitrogens with one attached hydrogen (secondary N) is 2. The van der Waals surface area contributed by atoms with Gasteiger partial charge in [0.25, 0.3) is 5.91 Å². The number of nitrogens with zero attached hydrogens (tertiary/aromatic N) is 4. The number of H-pyrrole nitrogens is 1. The maximum absolute atomic E-state index is 13.3. The van der Waals surface area contributed by atoms with E-state index in [0.717, 1.165) is 46.9 Å². The summed E-state index contributed by atoms with van der Waals surface area (Å²) in [6, 6.07) is 11.7. The fourth-order valence-electron chi connectivity index (χ4n) is 4.71. The number of rotatable bonds is 4. The zero-order valence-electron chi connectivity index (χ0n) is 19.2. The number of benzene rings is 2. The first-order valence-electron chi connectivity index (χ1n) is 11.4. The Morgan fingerprint density at radius 3 is 2.88 bits per heavy atom. The van der Waals surface area contributed by atoms with E-state index in [-0.39, 0.29) is 11.8 Å². The van der Waals surface area contributed by atoms with Gasteiger partial charge in [0, 0.05) is 30.7 Å². The molecule has 8 nitrogen and oxygen atoms in total. The molecule has 0 radical (unpaired) electrons. The molecule has 4 aromatic rings. The van der Waals surface area contributed by atoms with Crippen molar-refractivity contribution in [3.05, 3.63) is 54.0 Å². The molecular weight excluding hydrogens is 416 g/mol. The summed E-state index contributed by atoms with van der Waals surface area (Å²) in [6.07, 6.45) is 3.29. The van der Waals surface area contributed by atoms with Crippen molar-refractivity contribution in [3.8, 4) is 0 Å². The number of imidazole rings is 1. The predicted octanol–water partition coefficient (Wildman–Crippen LogP) is 4.12. The van der Waals surface area contributed by atoms with Crippen LogP contribution in [0.5, 0.6) is 0 Å². The summed E-state index contributed by atoms with van der Waals surface area (Å²) in [5.74, 6) is -0.228. The molecule has 2 aromatic carbocycles. The van der Waals surface area contributed by atoms with Gasteiger partial charge in [0.1, 0.15) is 0 Å². The summed E-state index contributed by atoms with van der Waals surface area (Å²) in [6.45, 7) is 7.80. The van der Waals surface area contributed by atoms with Crippen molar-refractivity contribution in [2.75, 3.05) is 18.4 Å². The Morgan fingerprint density at radius 1 is 1.21 bits per heavy atom. The highest BCUT2D eigenvalue weighted by molar-refractivity contribution is 6.05. The molecule has 8 heteroatoms. The number of anilines is 1. The van der Waals surface area contributed by atoms with E-state index in [1.807, 2.05) is 56.6 Å². The summed E-state index contributed by atoms with van der Waals surface area (Å²) in [4.78, 5) is 32.8. The normalized spacial score (nSPS) is 18.7. The number of aryl methyl sites for hydroxylation is 2. The van der Waals surface area contributed by atoms with Gasteiger partial charge in [0.2, 0.25) is 5.91 Å². The quantitative estimate of drug-likeness (QED) is 0.495. The van der Waals surface area contributed by atoms with Crippen LogP contribution in [-0.2, 0) is 11.3 Å². The summed E-state index contributed by atoms with van der Waals surface area (Å²) < 4.78 is 2.06. The van der Waals surface area contributed by atoms with E-state index in [1.165, 1.54) is 0 Å². The van der Waals surface area contributed by atoms with Crippen LogP contribution in [0, 0.1) is 12.3 Å². The lowest BCUT2D eigenvalue weighted by atomic mass is 9.80. The number of amides is 2. The van der Waals surface area contributed by atoms with Gasteiger partial charge in [-0.15, -0.1) is 0 Å². The predicted molar refractivity (Wildman–Crippen MR) is 128 cm³/mol. The number of carbonyl (C=O) groups excluding carboxylic acids is 2. The third-order valence-electron chi connectivity index (χ3n) is 6.67. The van der Waals surface area contributed by atoms with Crippen molar-refractivity contribution in [1.29, 1.82) is 0 Å². The van der Waals surface area contributed by atoms with Gasteiger partial charge in [0.05, 0.1) is 28.3 Å².